The average molecular weight is 219 g/mol. The van der Waals surface area contributed by atoms with Gasteiger partial charge >= 0.3 is 5.97 Å². The zero-order valence-electron chi connectivity index (χ0n) is 9.44. The van der Waals surface area contributed by atoms with Crippen LogP contribution in [0.1, 0.15) is 30.9 Å². The minimum atomic E-state index is -0.748. The number of hydrogen-bond acceptors (Lipinski definition) is 2. The largest absolute Gasteiger partial charge is 0.481 e. The molecule has 1 fully saturated rings. The molecule has 0 heterocycles. The summed E-state index contributed by atoms with van der Waals surface area (Å²) in [5, 5.41) is 9.36. The summed E-state index contributed by atoms with van der Waals surface area (Å²) in [5.41, 5.74) is 7.09. The van der Waals surface area contributed by atoms with E-state index in [0.29, 0.717) is 12.8 Å². The van der Waals surface area contributed by atoms with E-state index in [2.05, 4.69) is 6.92 Å². The van der Waals surface area contributed by atoms with Gasteiger partial charge in [0.1, 0.15) is 0 Å². The Balaban J connectivity index is 2.37. The zero-order valence-corrected chi connectivity index (χ0v) is 9.44. The number of nitrogens with two attached hydrogens (primary N) is 1. The molecule has 0 radical (unpaired) electrons. The predicted octanol–water partition coefficient (Wildman–Crippen LogP) is 1.69. The normalized spacial score (nSPS) is 28.5. The summed E-state index contributed by atoms with van der Waals surface area (Å²) < 4.78 is 0. The molecule has 2 rings (SSSR count). The molecule has 86 valence electrons. The van der Waals surface area contributed by atoms with Crippen LogP contribution in [0.4, 0.5) is 0 Å². The van der Waals surface area contributed by atoms with Gasteiger partial charge in [0, 0.05) is 6.04 Å². The fraction of sp³-hybridized carbons (Fsp3) is 0.462. The number of rotatable bonds is 3. The van der Waals surface area contributed by atoms with E-state index in [-0.39, 0.29) is 6.04 Å². The molecule has 1 aromatic rings. The molecule has 0 atom stereocenters. The SMILES string of the molecule is CCc1cccc(C2(C(=O)O)CC(N)C2)c1. The van der Waals surface area contributed by atoms with Gasteiger partial charge in [0.15, 0.2) is 0 Å². The quantitative estimate of drug-likeness (QED) is 0.813. The molecular formula is C13H17NO2. The van der Waals surface area contributed by atoms with Crippen molar-refractivity contribution >= 4 is 5.97 Å². The van der Waals surface area contributed by atoms with Crippen molar-refractivity contribution in [2.24, 2.45) is 5.73 Å². The van der Waals surface area contributed by atoms with E-state index in [4.69, 9.17) is 5.73 Å². The molecule has 1 aliphatic rings. The lowest BCUT2D eigenvalue weighted by Crippen LogP contribution is -2.54. The van der Waals surface area contributed by atoms with Crippen molar-refractivity contribution in [2.75, 3.05) is 0 Å². The number of aryl methyl sites for hydroxylation is 1. The van der Waals surface area contributed by atoms with E-state index >= 15 is 0 Å². The fourth-order valence-electron chi connectivity index (χ4n) is 2.46. The van der Waals surface area contributed by atoms with E-state index in [0.717, 1.165) is 12.0 Å². The topological polar surface area (TPSA) is 63.3 Å². The van der Waals surface area contributed by atoms with E-state index in [1.165, 1.54) is 5.56 Å². The maximum atomic E-state index is 11.4. The molecule has 1 aromatic carbocycles. The Morgan fingerprint density at radius 2 is 2.25 bits per heavy atom. The first-order valence-electron chi connectivity index (χ1n) is 5.67. The molecular weight excluding hydrogens is 202 g/mol. The molecule has 3 heteroatoms. The van der Waals surface area contributed by atoms with Gasteiger partial charge in [-0.15, -0.1) is 0 Å². The summed E-state index contributed by atoms with van der Waals surface area (Å²) in [6.45, 7) is 2.07. The van der Waals surface area contributed by atoms with Gasteiger partial charge in [0.25, 0.3) is 0 Å². The smallest absolute Gasteiger partial charge is 0.314 e. The third-order valence-corrected chi connectivity index (χ3v) is 3.52. The highest BCUT2D eigenvalue weighted by Crippen LogP contribution is 2.43. The lowest BCUT2D eigenvalue weighted by molar-refractivity contribution is -0.148. The van der Waals surface area contributed by atoms with Crippen LogP contribution in [0.15, 0.2) is 24.3 Å². The molecule has 0 aromatic heterocycles. The number of aliphatic carboxylic acids is 1. The molecule has 0 saturated heterocycles. The molecule has 1 aliphatic carbocycles. The van der Waals surface area contributed by atoms with Gasteiger partial charge < -0.3 is 10.8 Å². The summed E-state index contributed by atoms with van der Waals surface area (Å²) in [7, 11) is 0. The van der Waals surface area contributed by atoms with Gasteiger partial charge in [-0.1, -0.05) is 31.2 Å². The molecule has 0 unspecified atom stereocenters. The van der Waals surface area contributed by atoms with Crippen LogP contribution in [0.3, 0.4) is 0 Å². The predicted molar refractivity (Wildman–Crippen MR) is 62.3 cm³/mol. The average Bonchev–Trinajstić information content (AvgIpc) is 2.24. The Hall–Kier alpha value is -1.35. The van der Waals surface area contributed by atoms with E-state index in [1.54, 1.807) is 0 Å². The van der Waals surface area contributed by atoms with E-state index in [1.807, 2.05) is 24.3 Å². The van der Waals surface area contributed by atoms with Crippen LogP contribution in [-0.2, 0) is 16.6 Å². The molecule has 16 heavy (non-hydrogen) atoms. The standard InChI is InChI=1S/C13H17NO2/c1-2-9-4-3-5-10(6-9)13(12(15)16)7-11(14)8-13/h3-6,11H,2,7-8,14H2,1H3,(H,15,16). The third kappa shape index (κ3) is 1.61. The minimum absolute atomic E-state index is 0.0291. The Morgan fingerprint density at radius 1 is 1.56 bits per heavy atom. The van der Waals surface area contributed by atoms with Crippen molar-refractivity contribution in [3.05, 3.63) is 35.4 Å². The van der Waals surface area contributed by atoms with Crippen molar-refractivity contribution in [1.29, 1.82) is 0 Å². The van der Waals surface area contributed by atoms with Gasteiger partial charge in [-0.25, -0.2) is 0 Å². The highest BCUT2D eigenvalue weighted by Gasteiger charge is 2.50. The molecule has 0 amide bonds. The highest BCUT2D eigenvalue weighted by molar-refractivity contribution is 5.83. The van der Waals surface area contributed by atoms with Gasteiger partial charge in [-0.2, -0.15) is 0 Å². The van der Waals surface area contributed by atoms with Gasteiger partial charge in [0.2, 0.25) is 0 Å². The summed E-state index contributed by atoms with van der Waals surface area (Å²) >= 11 is 0. The van der Waals surface area contributed by atoms with Crippen molar-refractivity contribution in [3.8, 4) is 0 Å². The fourth-order valence-corrected chi connectivity index (χ4v) is 2.46. The van der Waals surface area contributed by atoms with Crippen LogP contribution >= 0.6 is 0 Å². The number of hydrogen-bond donors (Lipinski definition) is 2. The highest BCUT2D eigenvalue weighted by atomic mass is 16.4. The van der Waals surface area contributed by atoms with Crippen LogP contribution in [0.25, 0.3) is 0 Å². The lowest BCUT2D eigenvalue weighted by atomic mass is 9.61. The van der Waals surface area contributed by atoms with Crippen LogP contribution in [-0.4, -0.2) is 17.1 Å². The van der Waals surface area contributed by atoms with Gasteiger partial charge in [0.05, 0.1) is 5.41 Å². The summed E-state index contributed by atoms with van der Waals surface area (Å²) in [6.07, 6.45) is 2.03. The second-order valence-corrected chi connectivity index (χ2v) is 4.61. The number of carbonyl (C=O) groups is 1. The zero-order chi connectivity index (χ0) is 11.8. The molecule has 3 N–H and O–H groups in total. The van der Waals surface area contributed by atoms with Crippen LogP contribution < -0.4 is 5.73 Å². The van der Waals surface area contributed by atoms with Crippen molar-refractivity contribution in [1.82, 2.24) is 0 Å². The Labute approximate surface area is 95.3 Å². The second kappa shape index (κ2) is 3.91. The van der Waals surface area contributed by atoms with Crippen LogP contribution in [0.2, 0.25) is 0 Å². The van der Waals surface area contributed by atoms with E-state index in [9.17, 15) is 9.90 Å². The Bertz CT molecular complexity index is 408. The molecule has 1 saturated carbocycles. The van der Waals surface area contributed by atoms with Crippen molar-refractivity contribution < 1.29 is 9.90 Å². The summed E-state index contributed by atoms with van der Waals surface area (Å²) in [6, 6.07) is 7.89. The first-order chi connectivity index (χ1) is 7.58. The van der Waals surface area contributed by atoms with Gasteiger partial charge in [-0.3, -0.25) is 4.79 Å². The molecule has 3 nitrogen and oxygen atoms in total. The first-order valence-corrected chi connectivity index (χ1v) is 5.67. The maximum Gasteiger partial charge on any atom is 0.314 e. The monoisotopic (exact) mass is 219 g/mol. The third-order valence-electron chi connectivity index (χ3n) is 3.52. The number of benzene rings is 1. The van der Waals surface area contributed by atoms with Crippen LogP contribution in [0.5, 0.6) is 0 Å². The Morgan fingerprint density at radius 3 is 2.75 bits per heavy atom. The summed E-state index contributed by atoms with van der Waals surface area (Å²) in [4.78, 5) is 11.4. The number of carboxylic acids is 1. The molecule has 0 bridgehead atoms. The van der Waals surface area contributed by atoms with Crippen molar-refractivity contribution in [3.63, 3.8) is 0 Å². The summed E-state index contributed by atoms with van der Waals surface area (Å²) in [5.74, 6) is -0.748. The Kier molecular flexibility index (Phi) is 2.72. The first kappa shape index (κ1) is 11.1. The molecule has 0 aliphatic heterocycles. The lowest BCUT2D eigenvalue weighted by Gasteiger charge is -2.43. The van der Waals surface area contributed by atoms with Crippen molar-refractivity contribution in [2.45, 2.75) is 37.6 Å². The van der Waals surface area contributed by atoms with Gasteiger partial charge in [-0.05, 0) is 30.4 Å². The minimum Gasteiger partial charge on any atom is -0.481 e. The molecule has 0 spiro atoms. The maximum absolute atomic E-state index is 11.4. The second-order valence-electron chi connectivity index (χ2n) is 4.61. The number of carboxylic acid groups (broad SMARTS) is 1. The van der Waals surface area contributed by atoms with E-state index < -0.39 is 11.4 Å². The van der Waals surface area contributed by atoms with Crippen LogP contribution in [0, 0.1) is 0 Å².